The summed E-state index contributed by atoms with van der Waals surface area (Å²) in [5.74, 6) is 0. The van der Waals surface area contributed by atoms with E-state index < -0.39 is 37.2 Å². The Bertz CT molecular complexity index is 325. The average Bonchev–Trinajstić information content (AvgIpc) is 2.62. The largest absolute Gasteiger partial charge is 0.394 e. The number of aliphatic hydroxyl groups excluding tert-OH is 3. The molecule has 1 fully saturated rings. The van der Waals surface area contributed by atoms with Crippen LogP contribution >= 0.6 is 0 Å². The van der Waals surface area contributed by atoms with Crippen LogP contribution in [0.5, 0.6) is 0 Å². The smallest absolute Gasteiger partial charge is 0.337 e. The van der Waals surface area contributed by atoms with Crippen LogP contribution in [0.25, 0.3) is 0 Å². The molecule has 3 amide bonds. The molecular weight excluding hydrogens is 248 g/mol. The van der Waals surface area contributed by atoms with Crippen LogP contribution in [0.3, 0.4) is 0 Å². The van der Waals surface area contributed by atoms with Gasteiger partial charge in [-0.05, 0) is 0 Å². The Labute approximate surface area is 102 Å². The lowest BCUT2D eigenvalue weighted by Gasteiger charge is -2.15. The van der Waals surface area contributed by atoms with Crippen molar-refractivity contribution in [3.05, 3.63) is 0 Å². The Balaban J connectivity index is 2.38. The molecule has 18 heavy (non-hydrogen) atoms. The number of amides is 3. The molecule has 0 aromatic carbocycles. The van der Waals surface area contributed by atoms with E-state index in [-0.39, 0.29) is 0 Å². The summed E-state index contributed by atoms with van der Waals surface area (Å²) in [7, 11) is 0. The van der Waals surface area contributed by atoms with Crippen LogP contribution in [0, 0.1) is 0 Å². The predicted molar refractivity (Wildman–Crippen MR) is 57.1 cm³/mol. The fourth-order valence-corrected chi connectivity index (χ4v) is 1.34. The summed E-state index contributed by atoms with van der Waals surface area (Å²) in [4.78, 5) is 21.1. The summed E-state index contributed by atoms with van der Waals surface area (Å²) in [6.07, 6.45) is -3.48. The second kappa shape index (κ2) is 6.86. The first kappa shape index (κ1) is 14.3. The molecule has 102 valence electrons. The zero-order valence-electron chi connectivity index (χ0n) is 9.18. The van der Waals surface area contributed by atoms with Crippen molar-refractivity contribution in [2.45, 2.75) is 24.5 Å². The summed E-state index contributed by atoms with van der Waals surface area (Å²) < 4.78 is 4.99. The lowest BCUT2D eigenvalue weighted by Crippen LogP contribution is -2.46. The Morgan fingerprint density at radius 2 is 2.11 bits per heavy atom. The third-order valence-corrected chi connectivity index (χ3v) is 2.19. The first-order valence-corrected chi connectivity index (χ1v) is 5.00. The van der Waals surface area contributed by atoms with Crippen LogP contribution in [0.15, 0.2) is 5.10 Å². The van der Waals surface area contributed by atoms with Gasteiger partial charge in [0, 0.05) is 0 Å². The van der Waals surface area contributed by atoms with Crippen LogP contribution in [-0.4, -0.2) is 65.2 Å². The Morgan fingerprint density at radius 3 is 2.67 bits per heavy atom. The highest BCUT2D eigenvalue weighted by atomic mass is 16.6. The Hall–Kier alpha value is -1.75. The molecule has 0 bridgehead atoms. The van der Waals surface area contributed by atoms with Crippen LogP contribution in [0.4, 0.5) is 4.79 Å². The molecular formula is C8H14N4O6. The molecule has 6 N–H and O–H groups in total. The van der Waals surface area contributed by atoms with Crippen molar-refractivity contribution in [2.24, 2.45) is 5.10 Å². The maximum atomic E-state index is 11.2. The van der Waals surface area contributed by atoms with Crippen molar-refractivity contribution in [2.75, 3.05) is 6.61 Å². The normalized spacial score (nSPS) is 31.3. The number of hydrazone groups is 1. The van der Waals surface area contributed by atoms with Gasteiger partial charge in [0.05, 0.1) is 6.61 Å². The minimum Gasteiger partial charge on any atom is -0.394 e. The highest BCUT2D eigenvalue weighted by Crippen LogP contribution is 2.18. The number of nitrogens with one attached hydrogen (secondary N) is 3. The first-order chi connectivity index (χ1) is 8.60. The molecule has 0 spiro atoms. The Kier molecular flexibility index (Phi) is 5.45. The molecule has 0 aromatic heterocycles. The molecule has 10 nitrogen and oxygen atoms in total. The van der Waals surface area contributed by atoms with Gasteiger partial charge in [0.1, 0.15) is 24.7 Å². The maximum absolute atomic E-state index is 11.2. The molecule has 1 aliphatic rings. The number of carbonyl (C=O) groups is 2. The lowest BCUT2D eigenvalue weighted by atomic mass is 10.1. The monoisotopic (exact) mass is 262 g/mol. The molecule has 10 heteroatoms. The standard InChI is InChI=1S/C8H14N4O6/c13-1-4-5(15)6(16)7(18-4)11-8(17)12-10-2-9-3-14/h2-7,13,15-16H,1H2,(H,9,10,14)(H2,11,12,17). The Morgan fingerprint density at radius 1 is 1.39 bits per heavy atom. The third kappa shape index (κ3) is 3.63. The topological polar surface area (TPSA) is 153 Å². The van der Waals surface area contributed by atoms with Crippen molar-refractivity contribution >= 4 is 18.8 Å². The van der Waals surface area contributed by atoms with E-state index in [0.717, 1.165) is 6.34 Å². The van der Waals surface area contributed by atoms with Gasteiger partial charge in [-0.3, -0.25) is 4.79 Å². The molecule has 1 aliphatic heterocycles. The lowest BCUT2D eigenvalue weighted by molar-refractivity contribution is -0.108. The van der Waals surface area contributed by atoms with E-state index in [9.17, 15) is 19.8 Å². The fourth-order valence-electron chi connectivity index (χ4n) is 1.34. The fraction of sp³-hybridized carbons (Fsp3) is 0.625. The summed E-state index contributed by atoms with van der Waals surface area (Å²) in [6, 6.07) is -0.811. The highest BCUT2D eigenvalue weighted by Gasteiger charge is 2.42. The molecule has 0 radical (unpaired) electrons. The summed E-state index contributed by atoms with van der Waals surface area (Å²) >= 11 is 0. The molecule has 0 saturated carbocycles. The van der Waals surface area contributed by atoms with E-state index in [1.807, 2.05) is 5.43 Å². The van der Waals surface area contributed by atoms with Gasteiger partial charge in [-0.15, -0.1) is 0 Å². The van der Waals surface area contributed by atoms with Crippen molar-refractivity contribution in [3.63, 3.8) is 0 Å². The zero-order valence-corrected chi connectivity index (χ0v) is 9.18. The van der Waals surface area contributed by atoms with E-state index in [2.05, 4.69) is 15.7 Å². The van der Waals surface area contributed by atoms with Crippen molar-refractivity contribution in [1.29, 1.82) is 0 Å². The van der Waals surface area contributed by atoms with Gasteiger partial charge >= 0.3 is 6.03 Å². The number of hydrogen-bond donors (Lipinski definition) is 6. The second-order valence-corrected chi connectivity index (χ2v) is 3.39. The predicted octanol–water partition coefficient (Wildman–Crippen LogP) is -3.59. The van der Waals surface area contributed by atoms with E-state index in [0.29, 0.717) is 6.41 Å². The third-order valence-electron chi connectivity index (χ3n) is 2.19. The zero-order chi connectivity index (χ0) is 13.5. The number of ether oxygens (including phenoxy) is 1. The van der Waals surface area contributed by atoms with Gasteiger partial charge < -0.3 is 30.7 Å². The average molecular weight is 262 g/mol. The van der Waals surface area contributed by atoms with Gasteiger partial charge in [0.15, 0.2) is 6.23 Å². The van der Waals surface area contributed by atoms with E-state index in [4.69, 9.17) is 9.84 Å². The van der Waals surface area contributed by atoms with E-state index >= 15 is 0 Å². The number of nitrogens with zero attached hydrogens (tertiary/aromatic N) is 1. The molecule has 4 atom stereocenters. The van der Waals surface area contributed by atoms with Gasteiger partial charge in [-0.1, -0.05) is 0 Å². The minimum absolute atomic E-state index is 0.356. The molecule has 0 aliphatic carbocycles. The van der Waals surface area contributed by atoms with Crippen molar-refractivity contribution in [1.82, 2.24) is 16.1 Å². The molecule has 1 heterocycles. The first-order valence-electron chi connectivity index (χ1n) is 5.00. The molecule has 1 rings (SSSR count). The summed E-state index contributed by atoms with van der Waals surface area (Å²) in [6.45, 7) is -0.487. The van der Waals surface area contributed by atoms with Gasteiger partial charge in [-0.25, -0.2) is 10.2 Å². The van der Waals surface area contributed by atoms with E-state index in [1.165, 1.54) is 0 Å². The minimum atomic E-state index is -1.36. The summed E-state index contributed by atoms with van der Waals surface area (Å²) in [5.41, 5.74) is 1.98. The molecule has 4 unspecified atom stereocenters. The van der Waals surface area contributed by atoms with Crippen molar-refractivity contribution in [3.8, 4) is 0 Å². The molecule has 0 aromatic rings. The van der Waals surface area contributed by atoms with E-state index in [1.54, 1.807) is 0 Å². The second-order valence-electron chi connectivity index (χ2n) is 3.39. The van der Waals surface area contributed by atoms with Crippen LogP contribution < -0.4 is 16.1 Å². The highest BCUT2D eigenvalue weighted by molar-refractivity contribution is 5.76. The van der Waals surface area contributed by atoms with Gasteiger partial charge in [0.25, 0.3) is 0 Å². The number of carbonyl (C=O) groups excluding carboxylic acids is 2. The maximum Gasteiger partial charge on any atom is 0.337 e. The molecule has 1 saturated heterocycles. The van der Waals surface area contributed by atoms with Crippen LogP contribution in [-0.2, 0) is 9.53 Å². The van der Waals surface area contributed by atoms with Crippen LogP contribution in [0.2, 0.25) is 0 Å². The van der Waals surface area contributed by atoms with Gasteiger partial charge in [-0.2, -0.15) is 5.10 Å². The quantitative estimate of drug-likeness (QED) is 0.130. The number of aliphatic hydroxyl groups is 3. The number of hydrogen-bond acceptors (Lipinski definition) is 7. The van der Waals surface area contributed by atoms with Crippen molar-refractivity contribution < 1.29 is 29.6 Å². The number of urea groups is 1. The summed E-state index contributed by atoms with van der Waals surface area (Å²) in [5, 5.41) is 35.3. The van der Waals surface area contributed by atoms with Gasteiger partial charge in [0.2, 0.25) is 6.41 Å². The number of rotatable bonds is 5. The van der Waals surface area contributed by atoms with Crippen LogP contribution in [0.1, 0.15) is 0 Å². The SMILES string of the molecule is O=CNC=NNC(=O)NC1OC(CO)C(O)C1O.